The fourth-order valence-corrected chi connectivity index (χ4v) is 2.64. The van der Waals surface area contributed by atoms with Gasteiger partial charge in [-0.1, -0.05) is 6.42 Å². The number of alkyl halides is 3. The number of aliphatic hydroxyl groups excluding tert-OH is 1. The van der Waals surface area contributed by atoms with Gasteiger partial charge >= 0.3 is 6.18 Å². The van der Waals surface area contributed by atoms with Crippen LogP contribution in [0.3, 0.4) is 0 Å². The lowest BCUT2D eigenvalue weighted by Crippen LogP contribution is -2.41. The molecule has 1 amide bonds. The van der Waals surface area contributed by atoms with Gasteiger partial charge in [-0.05, 0) is 24.7 Å². The lowest BCUT2D eigenvalue weighted by Gasteiger charge is -2.15. The average molecular weight is 237 g/mol. The minimum Gasteiger partial charge on any atom is -0.382 e. The number of halogens is 3. The van der Waals surface area contributed by atoms with Crippen LogP contribution in [0.5, 0.6) is 0 Å². The van der Waals surface area contributed by atoms with E-state index in [0.29, 0.717) is 11.8 Å². The van der Waals surface area contributed by atoms with Crippen LogP contribution in [0.2, 0.25) is 0 Å². The lowest BCUT2D eigenvalue weighted by atomic mass is 10.1. The van der Waals surface area contributed by atoms with E-state index in [-0.39, 0.29) is 11.8 Å². The molecule has 6 heteroatoms. The second-order valence-corrected chi connectivity index (χ2v) is 4.59. The van der Waals surface area contributed by atoms with Gasteiger partial charge in [0.15, 0.2) is 6.10 Å². The first kappa shape index (κ1) is 11.7. The molecule has 92 valence electrons. The predicted molar refractivity (Wildman–Crippen MR) is 49.4 cm³/mol. The largest absolute Gasteiger partial charge is 0.416 e. The molecule has 2 aliphatic carbocycles. The average Bonchev–Trinajstić information content (AvgIpc) is 2.67. The third kappa shape index (κ3) is 2.16. The minimum atomic E-state index is -4.66. The van der Waals surface area contributed by atoms with Crippen molar-refractivity contribution in [1.29, 1.82) is 0 Å². The van der Waals surface area contributed by atoms with Gasteiger partial charge in [-0.3, -0.25) is 4.79 Å². The third-order valence-corrected chi connectivity index (χ3v) is 3.56. The van der Waals surface area contributed by atoms with Gasteiger partial charge in [-0.25, -0.2) is 0 Å². The van der Waals surface area contributed by atoms with Gasteiger partial charge in [-0.2, -0.15) is 13.2 Å². The van der Waals surface area contributed by atoms with Crippen molar-refractivity contribution in [2.24, 2.45) is 17.8 Å². The zero-order chi connectivity index (χ0) is 11.9. The fourth-order valence-electron chi connectivity index (χ4n) is 2.64. The van der Waals surface area contributed by atoms with E-state index >= 15 is 0 Å². The molecular weight excluding hydrogens is 223 g/mol. The van der Waals surface area contributed by atoms with Crippen molar-refractivity contribution in [2.45, 2.75) is 31.5 Å². The maximum Gasteiger partial charge on any atom is 0.416 e. The Morgan fingerprint density at radius 1 is 1.38 bits per heavy atom. The molecule has 2 saturated carbocycles. The molecule has 0 saturated heterocycles. The van der Waals surface area contributed by atoms with E-state index in [1.54, 1.807) is 0 Å². The Morgan fingerprint density at radius 3 is 2.44 bits per heavy atom. The van der Waals surface area contributed by atoms with Gasteiger partial charge in [-0.15, -0.1) is 0 Å². The first-order valence-corrected chi connectivity index (χ1v) is 5.43. The molecule has 2 fully saturated rings. The number of carbonyl (C=O) groups excluding carboxylic acids is 1. The Kier molecular flexibility index (Phi) is 2.86. The number of hydrogen-bond donors (Lipinski definition) is 2. The molecule has 3 nitrogen and oxygen atoms in total. The van der Waals surface area contributed by atoms with Gasteiger partial charge in [0, 0.05) is 5.92 Å². The quantitative estimate of drug-likeness (QED) is 0.771. The van der Waals surface area contributed by atoms with E-state index in [2.05, 4.69) is 5.32 Å². The van der Waals surface area contributed by atoms with Crippen LogP contribution < -0.4 is 5.32 Å². The first-order chi connectivity index (χ1) is 7.41. The molecule has 0 spiro atoms. The third-order valence-electron chi connectivity index (χ3n) is 3.56. The highest BCUT2D eigenvalue weighted by atomic mass is 19.4. The molecule has 2 aliphatic rings. The van der Waals surface area contributed by atoms with Crippen molar-refractivity contribution in [1.82, 2.24) is 5.32 Å². The van der Waals surface area contributed by atoms with Crippen LogP contribution in [-0.4, -0.2) is 29.8 Å². The summed E-state index contributed by atoms with van der Waals surface area (Å²) in [5.74, 6) is 0.318. The van der Waals surface area contributed by atoms with Crippen LogP contribution in [0.25, 0.3) is 0 Å². The predicted octanol–water partition coefficient (Wildman–Crippen LogP) is 1.07. The molecule has 0 aromatic rings. The van der Waals surface area contributed by atoms with Crippen LogP contribution >= 0.6 is 0 Å². The van der Waals surface area contributed by atoms with Gasteiger partial charge in [0.1, 0.15) is 0 Å². The number of fused-ring (bicyclic) bond motifs is 1. The zero-order valence-electron chi connectivity index (χ0n) is 8.63. The first-order valence-electron chi connectivity index (χ1n) is 5.43. The molecule has 0 aromatic carbocycles. The SMILES string of the molecule is O=C(NCC(O)C(F)(F)F)C1C2CCCC21. The summed E-state index contributed by atoms with van der Waals surface area (Å²) in [4.78, 5) is 11.5. The highest BCUT2D eigenvalue weighted by Gasteiger charge is 2.56. The van der Waals surface area contributed by atoms with Crippen molar-refractivity contribution >= 4 is 5.91 Å². The lowest BCUT2D eigenvalue weighted by molar-refractivity contribution is -0.201. The van der Waals surface area contributed by atoms with Crippen LogP contribution in [-0.2, 0) is 4.79 Å². The molecule has 0 bridgehead atoms. The Hall–Kier alpha value is -0.780. The Morgan fingerprint density at radius 2 is 1.94 bits per heavy atom. The molecule has 0 aliphatic heterocycles. The van der Waals surface area contributed by atoms with Crippen LogP contribution in [0.15, 0.2) is 0 Å². The highest BCUT2D eigenvalue weighted by molar-refractivity contribution is 5.82. The van der Waals surface area contributed by atoms with Crippen LogP contribution in [0, 0.1) is 17.8 Å². The van der Waals surface area contributed by atoms with E-state index in [0.717, 1.165) is 19.3 Å². The summed E-state index contributed by atoms with van der Waals surface area (Å²) < 4.78 is 35.8. The molecule has 2 N–H and O–H groups in total. The molecule has 0 aromatic heterocycles. The van der Waals surface area contributed by atoms with E-state index in [1.165, 1.54) is 0 Å². The minimum absolute atomic E-state index is 0.103. The summed E-state index contributed by atoms with van der Waals surface area (Å²) in [5.41, 5.74) is 0. The summed E-state index contributed by atoms with van der Waals surface area (Å²) in [6, 6.07) is 0. The fraction of sp³-hybridized carbons (Fsp3) is 0.900. The summed E-state index contributed by atoms with van der Waals surface area (Å²) in [6.07, 6.45) is -4.00. The van der Waals surface area contributed by atoms with Crippen molar-refractivity contribution in [3.8, 4) is 0 Å². The van der Waals surface area contributed by atoms with E-state index in [1.807, 2.05) is 0 Å². The Labute approximate surface area is 91.0 Å². The zero-order valence-corrected chi connectivity index (χ0v) is 8.63. The van der Waals surface area contributed by atoms with Crippen LogP contribution in [0.1, 0.15) is 19.3 Å². The maximum absolute atomic E-state index is 11.9. The molecule has 0 radical (unpaired) electrons. The summed E-state index contributed by atoms with van der Waals surface area (Å²) in [6.45, 7) is -0.738. The molecular formula is C10H14F3NO2. The number of nitrogens with one attached hydrogen (secondary N) is 1. The van der Waals surface area contributed by atoms with E-state index in [9.17, 15) is 18.0 Å². The van der Waals surface area contributed by atoms with Crippen molar-refractivity contribution < 1.29 is 23.1 Å². The van der Waals surface area contributed by atoms with Gasteiger partial charge in [0.05, 0.1) is 6.54 Å². The number of rotatable bonds is 3. The number of carbonyl (C=O) groups is 1. The standard InChI is InChI=1S/C10H14F3NO2/c11-10(12,13)7(15)4-14-9(16)8-5-2-1-3-6(5)8/h5-8,15H,1-4H2,(H,14,16). The van der Waals surface area contributed by atoms with Crippen molar-refractivity contribution in [2.75, 3.05) is 6.54 Å². The van der Waals surface area contributed by atoms with Crippen LogP contribution in [0.4, 0.5) is 13.2 Å². The smallest absolute Gasteiger partial charge is 0.382 e. The molecule has 3 unspecified atom stereocenters. The van der Waals surface area contributed by atoms with E-state index in [4.69, 9.17) is 5.11 Å². The number of aliphatic hydroxyl groups is 1. The summed E-state index contributed by atoms with van der Waals surface area (Å²) in [7, 11) is 0. The van der Waals surface area contributed by atoms with Gasteiger partial charge < -0.3 is 10.4 Å². The van der Waals surface area contributed by atoms with Gasteiger partial charge in [0.2, 0.25) is 5.91 Å². The topological polar surface area (TPSA) is 49.3 Å². The molecule has 2 rings (SSSR count). The molecule has 16 heavy (non-hydrogen) atoms. The Balaban J connectivity index is 1.73. The Bertz CT molecular complexity index is 282. The second-order valence-electron chi connectivity index (χ2n) is 4.59. The summed E-state index contributed by atoms with van der Waals surface area (Å²) in [5, 5.41) is 10.9. The van der Waals surface area contributed by atoms with Gasteiger partial charge in [0.25, 0.3) is 0 Å². The molecule has 0 heterocycles. The number of amides is 1. The second kappa shape index (κ2) is 3.91. The van der Waals surface area contributed by atoms with Crippen molar-refractivity contribution in [3.05, 3.63) is 0 Å². The van der Waals surface area contributed by atoms with E-state index < -0.39 is 18.8 Å². The monoisotopic (exact) mass is 237 g/mol. The molecule has 3 atom stereocenters. The normalized spacial score (nSPS) is 34.4. The maximum atomic E-state index is 11.9. The van der Waals surface area contributed by atoms with Crippen molar-refractivity contribution in [3.63, 3.8) is 0 Å². The number of hydrogen-bond acceptors (Lipinski definition) is 2. The summed E-state index contributed by atoms with van der Waals surface area (Å²) >= 11 is 0. The highest BCUT2D eigenvalue weighted by Crippen LogP contribution is 2.57.